The van der Waals surface area contributed by atoms with Gasteiger partial charge in [0.05, 0.1) is 12.2 Å². The van der Waals surface area contributed by atoms with Crippen molar-refractivity contribution in [3.05, 3.63) is 29.3 Å². The molecule has 0 aromatic heterocycles. The van der Waals surface area contributed by atoms with Gasteiger partial charge in [0.15, 0.2) is 0 Å². The first kappa shape index (κ1) is 15.8. The van der Waals surface area contributed by atoms with Crippen LogP contribution >= 0.6 is 0 Å². The fourth-order valence-corrected chi connectivity index (χ4v) is 2.89. The molecule has 0 bridgehead atoms. The first-order valence-corrected chi connectivity index (χ1v) is 7.89. The van der Waals surface area contributed by atoms with Gasteiger partial charge in [-0.05, 0) is 61.9 Å². The number of nitrogens with two attached hydrogens (primary N) is 1. The second-order valence-corrected chi connectivity index (χ2v) is 5.88. The van der Waals surface area contributed by atoms with Gasteiger partial charge in [-0.1, -0.05) is 19.3 Å². The van der Waals surface area contributed by atoms with E-state index in [2.05, 4.69) is 0 Å². The van der Waals surface area contributed by atoms with Crippen LogP contribution in [0.2, 0.25) is 0 Å². The summed E-state index contributed by atoms with van der Waals surface area (Å²) in [6.07, 6.45) is 7.98. The van der Waals surface area contributed by atoms with Crippen molar-refractivity contribution in [2.75, 3.05) is 13.2 Å². The van der Waals surface area contributed by atoms with Crippen molar-refractivity contribution in [3.8, 4) is 5.75 Å². The highest BCUT2D eigenvalue weighted by atomic mass is 16.5. The zero-order valence-corrected chi connectivity index (χ0v) is 12.5. The largest absolute Gasteiger partial charge is 0.493 e. The van der Waals surface area contributed by atoms with E-state index in [0.29, 0.717) is 30.4 Å². The van der Waals surface area contributed by atoms with Crippen molar-refractivity contribution in [2.24, 2.45) is 11.7 Å². The van der Waals surface area contributed by atoms with Crippen LogP contribution in [0.3, 0.4) is 0 Å². The molecular weight excluding hydrogens is 266 g/mol. The minimum atomic E-state index is -0.910. The van der Waals surface area contributed by atoms with Gasteiger partial charge in [0.25, 0.3) is 0 Å². The lowest BCUT2D eigenvalue weighted by Crippen LogP contribution is -2.15. The van der Waals surface area contributed by atoms with Gasteiger partial charge in [0, 0.05) is 0 Å². The number of aromatic carboxylic acids is 1. The summed E-state index contributed by atoms with van der Waals surface area (Å²) in [5, 5.41) is 9.20. The lowest BCUT2D eigenvalue weighted by Gasteiger charge is -2.22. The fourth-order valence-electron chi connectivity index (χ4n) is 2.89. The lowest BCUT2D eigenvalue weighted by atomic mass is 9.90. The van der Waals surface area contributed by atoms with Crippen LogP contribution in [0.5, 0.6) is 5.75 Å². The highest BCUT2D eigenvalue weighted by Gasteiger charge is 2.15. The zero-order valence-electron chi connectivity index (χ0n) is 12.5. The second kappa shape index (κ2) is 8.03. The third-order valence-electron chi connectivity index (χ3n) is 4.09. The predicted molar refractivity (Wildman–Crippen MR) is 82.8 cm³/mol. The molecule has 1 aliphatic rings. The number of hydrogen-bond acceptors (Lipinski definition) is 3. The number of hydrogen-bond donors (Lipinski definition) is 2. The molecule has 1 aromatic carbocycles. The SMILES string of the molecule is NCCCc1cc(OCC2CCCCC2)cc(C(=O)O)c1. The monoisotopic (exact) mass is 291 g/mol. The van der Waals surface area contributed by atoms with Crippen LogP contribution in [0, 0.1) is 5.92 Å². The Morgan fingerprint density at radius 2 is 2.00 bits per heavy atom. The Morgan fingerprint density at radius 3 is 2.67 bits per heavy atom. The minimum absolute atomic E-state index is 0.295. The van der Waals surface area contributed by atoms with E-state index in [-0.39, 0.29) is 0 Å². The van der Waals surface area contributed by atoms with Gasteiger partial charge in [-0.3, -0.25) is 0 Å². The summed E-state index contributed by atoms with van der Waals surface area (Å²) in [6.45, 7) is 1.30. The Morgan fingerprint density at radius 1 is 1.24 bits per heavy atom. The predicted octanol–water partition coefficient (Wildman–Crippen LogP) is 3.24. The molecule has 3 N–H and O–H groups in total. The quantitative estimate of drug-likeness (QED) is 0.809. The number of carboxylic acids is 1. The lowest BCUT2D eigenvalue weighted by molar-refractivity contribution is 0.0696. The van der Waals surface area contributed by atoms with Crippen LogP contribution in [0.1, 0.15) is 54.4 Å². The van der Waals surface area contributed by atoms with Crippen molar-refractivity contribution in [3.63, 3.8) is 0 Å². The minimum Gasteiger partial charge on any atom is -0.493 e. The van der Waals surface area contributed by atoms with E-state index in [1.54, 1.807) is 12.1 Å². The Hall–Kier alpha value is -1.55. The molecule has 0 saturated heterocycles. The molecule has 1 aromatic rings. The molecule has 4 nitrogen and oxygen atoms in total. The summed E-state index contributed by atoms with van der Waals surface area (Å²) in [5.41, 5.74) is 6.80. The van der Waals surface area contributed by atoms with Crippen LogP contribution in [0.25, 0.3) is 0 Å². The van der Waals surface area contributed by atoms with Crippen LogP contribution < -0.4 is 10.5 Å². The first-order valence-electron chi connectivity index (χ1n) is 7.89. The molecule has 2 rings (SSSR count). The molecule has 0 atom stereocenters. The molecule has 0 spiro atoms. The zero-order chi connectivity index (χ0) is 15.1. The van der Waals surface area contributed by atoms with Gasteiger partial charge in [-0.15, -0.1) is 0 Å². The topological polar surface area (TPSA) is 72.5 Å². The summed E-state index contributed by atoms with van der Waals surface area (Å²) in [6, 6.07) is 5.29. The summed E-state index contributed by atoms with van der Waals surface area (Å²) in [5.74, 6) is 0.374. The molecule has 0 unspecified atom stereocenters. The molecule has 0 radical (unpaired) electrons. The molecule has 1 aliphatic carbocycles. The average molecular weight is 291 g/mol. The number of benzene rings is 1. The molecular formula is C17H25NO3. The van der Waals surface area contributed by atoms with E-state index in [1.165, 1.54) is 32.1 Å². The van der Waals surface area contributed by atoms with E-state index in [0.717, 1.165) is 18.4 Å². The van der Waals surface area contributed by atoms with Gasteiger partial charge in [0.2, 0.25) is 0 Å². The summed E-state index contributed by atoms with van der Waals surface area (Å²) in [4.78, 5) is 11.2. The molecule has 4 heteroatoms. The molecule has 0 heterocycles. The summed E-state index contributed by atoms with van der Waals surface area (Å²) >= 11 is 0. The number of ether oxygens (including phenoxy) is 1. The number of carbonyl (C=O) groups is 1. The van der Waals surface area contributed by atoms with Crippen LogP contribution in [-0.4, -0.2) is 24.2 Å². The maximum absolute atomic E-state index is 11.2. The first-order chi connectivity index (χ1) is 10.2. The van der Waals surface area contributed by atoms with E-state index in [9.17, 15) is 9.90 Å². The fraction of sp³-hybridized carbons (Fsp3) is 0.588. The van der Waals surface area contributed by atoms with Gasteiger partial charge in [-0.2, -0.15) is 0 Å². The molecule has 1 saturated carbocycles. The molecule has 0 amide bonds. The molecule has 21 heavy (non-hydrogen) atoms. The summed E-state index contributed by atoms with van der Waals surface area (Å²) < 4.78 is 5.86. The third-order valence-corrected chi connectivity index (χ3v) is 4.09. The van der Waals surface area contributed by atoms with E-state index < -0.39 is 5.97 Å². The number of carboxylic acid groups (broad SMARTS) is 1. The van der Waals surface area contributed by atoms with Gasteiger partial charge in [0.1, 0.15) is 5.75 Å². The summed E-state index contributed by atoms with van der Waals surface area (Å²) in [7, 11) is 0. The highest BCUT2D eigenvalue weighted by Crippen LogP contribution is 2.25. The molecule has 1 fully saturated rings. The van der Waals surface area contributed by atoms with Crippen LogP contribution in [-0.2, 0) is 6.42 Å². The van der Waals surface area contributed by atoms with Crippen molar-refractivity contribution in [2.45, 2.75) is 44.9 Å². The number of aryl methyl sites for hydroxylation is 1. The van der Waals surface area contributed by atoms with Crippen LogP contribution in [0.4, 0.5) is 0 Å². The average Bonchev–Trinajstić information content (AvgIpc) is 2.51. The van der Waals surface area contributed by atoms with Crippen molar-refractivity contribution in [1.82, 2.24) is 0 Å². The second-order valence-electron chi connectivity index (χ2n) is 5.88. The van der Waals surface area contributed by atoms with E-state index in [1.807, 2.05) is 6.07 Å². The van der Waals surface area contributed by atoms with E-state index in [4.69, 9.17) is 10.5 Å². The Balaban J connectivity index is 2.02. The van der Waals surface area contributed by atoms with Crippen LogP contribution in [0.15, 0.2) is 18.2 Å². The highest BCUT2D eigenvalue weighted by molar-refractivity contribution is 5.88. The molecule has 116 valence electrons. The maximum Gasteiger partial charge on any atom is 0.335 e. The van der Waals surface area contributed by atoms with Crippen molar-refractivity contribution >= 4 is 5.97 Å². The molecule has 0 aliphatic heterocycles. The Labute approximate surface area is 126 Å². The van der Waals surface area contributed by atoms with Gasteiger partial charge < -0.3 is 15.6 Å². The number of rotatable bonds is 7. The van der Waals surface area contributed by atoms with Crippen molar-refractivity contribution < 1.29 is 14.6 Å². The van der Waals surface area contributed by atoms with Crippen molar-refractivity contribution in [1.29, 1.82) is 0 Å². The van der Waals surface area contributed by atoms with Gasteiger partial charge in [-0.25, -0.2) is 4.79 Å². The van der Waals surface area contributed by atoms with Gasteiger partial charge >= 0.3 is 5.97 Å². The maximum atomic E-state index is 11.2. The Kier molecular flexibility index (Phi) is 6.05. The third kappa shape index (κ3) is 5.05. The van der Waals surface area contributed by atoms with E-state index >= 15 is 0 Å². The normalized spacial score (nSPS) is 15.9. The Bertz CT molecular complexity index is 467. The standard InChI is InChI=1S/C17H25NO3/c18-8-4-7-14-9-15(17(19)20)11-16(10-14)21-12-13-5-2-1-3-6-13/h9-11,13H,1-8,12,18H2,(H,19,20). The smallest absolute Gasteiger partial charge is 0.335 e.